The van der Waals surface area contributed by atoms with E-state index in [1.807, 2.05) is 36.4 Å². The molecule has 0 radical (unpaired) electrons. The molecule has 1 aliphatic rings. The zero-order chi connectivity index (χ0) is 21.9. The van der Waals surface area contributed by atoms with Crippen molar-refractivity contribution in [2.45, 2.75) is 19.6 Å². The second kappa shape index (κ2) is 8.89. The summed E-state index contributed by atoms with van der Waals surface area (Å²) in [5, 5.41) is 4.68. The lowest BCUT2D eigenvalue weighted by Gasteiger charge is -2.26. The Morgan fingerprint density at radius 1 is 1.00 bits per heavy atom. The Balaban J connectivity index is 1.37. The van der Waals surface area contributed by atoms with E-state index in [9.17, 15) is 0 Å². The molecule has 5 heteroatoms. The Morgan fingerprint density at radius 2 is 1.81 bits per heavy atom. The van der Waals surface area contributed by atoms with E-state index in [-0.39, 0.29) is 6.10 Å². The molecule has 1 N–H and O–H groups in total. The molecular weight excluding hydrogens is 400 g/mol. The predicted molar refractivity (Wildman–Crippen MR) is 127 cm³/mol. The fourth-order valence-electron chi connectivity index (χ4n) is 3.99. The number of pyridine rings is 1. The van der Waals surface area contributed by atoms with E-state index in [1.165, 1.54) is 5.56 Å². The van der Waals surface area contributed by atoms with Gasteiger partial charge in [-0.2, -0.15) is 0 Å². The van der Waals surface area contributed by atoms with Crippen LogP contribution in [-0.4, -0.2) is 31.3 Å². The second-order valence-electron chi connectivity index (χ2n) is 8.05. The predicted octanol–water partition coefficient (Wildman–Crippen LogP) is 5.15. The summed E-state index contributed by atoms with van der Waals surface area (Å²) in [5.41, 5.74) is 5.39. The summed E-state index contributed by atoms with van der Waals surface area (Å²) < 4.78 is 17.2. The highest BCUT2D eigenvalue weighted by molar-refractivity contribution is 5.84. The van der Waals surface area contributed by atoms with Crippen molar-refractivity contribution in [1.82, 2.24) is 10.3 Å². The van der Waals surface area contributed by atoms with Crippen molar-refractivity contribution in [2.24, 2.45) is 0 Å². The number of aromatic nitrogens is 1. The Bertz CT molecular complexity index is 1240. The topological polar surface area (TPSA) is 52.6 Å². The fraction of sp³-hybridized carbons (Fsp3) is 0.222. The van der Waals surface area contributed by atoms with E-state index in [1.54, 1.807) is 7.11 Å². The van der Waals surface area contributed by atoms with E-state index in [4.69, 9.17) is 19.2 Å². The maximum absolute atomic E-state index is 6.08. The maximum atomic E-state index is 6.08. The molecule has 0 fully saturated rings. The van der Waals surface area contributed by atoms with E-state index in [2.05, 4.69) is 48.6 Å². The summed E-state index contributed by atoms with van der Waals surface area (Å²) in [7, 11) is 1.68. The van der Waals surface area contributed by atoms with Crippen LogP contribution in [-0.2, 0) is 6.54 Å². The van der Waals surface area contributed by atoms with Crippen LogP contribution in [0.3, 0.4) is 0 Å². The lowest BCUT2D eigenvalue weighted by Crippen LogP contribution is -2.38. The van der Waals surface area contributed by atoms with Crippen molar-refractivity contribution in [1.29, 1.82) is 0 Å². The van der Waals surface area contributed by atoms with Crippen molar-refractivity contribution in [3.05, 3.63) is 83.9 Å². The number of para-hydroxylation sites is 2. The normalized spacial score (nSPS) is 15.0. The summed E-state index contributed by atoms with van der Waals surface area (Å²) >= 11 is 0. The van der Waals surface area contributed by atoms with Crippen LogP contribution in [0.4, 0.5) is 0 Å². The zero-order valence-electron chi connectivity index (χ0n) is 18.3. The maximum Gasteiger partial charge on any atom is 0.161 e. The molecule has 1 aliphatic heterocycles. The summed E-state index contributed by atoms with van der Waals surface area (Å²) in [6.45, 7) is 3.99. The minimum Gasteiger partial charge on any atom is -0.497 e. The van der Waals surface area contributed by atoms with Crippen LogP contribution in [0.2, 0.25) is 0 Å². The third kappa shape index (κ3) is 4.25. The van der Waals surface area contributed by atoms with Gasteiger partial charge in [-0.3, -0.25) is 0 Å². The molecule has 3 aromatic carbocycles. The lowest BCUT2D eigenvalue weighted by atomic mass is 10.0. The molecule has 0 saturated carbocycles. The minimum absolute atomic E-state index is 0.0367. The van der Waals surface area contributed by atoms with Gasteiger partial charge >= 0.3 is 0 Å². The van der Waals surface area contributed by atoms with Gasteiger partial charge < -0.3 is 19.5 Å². The Hall–Kier alpha value is -3.57. The van der Waals surface area contributed by atoms with Crippen molar-refractivity contribution in [2.75, 3.05) is 20.3 Å². The molecule has 0 amide bonds. The largest absolute Gasteiger partial charge is 0.497 e. The van der Waals surface area contributed by atoms with Crippen LogP contribution in [0.25, 0.3) is 22.2 Å². The molecule has 0 spiro atoms. The Kier molecular flexibility index (Phi) is 5.65. The minimum atomic E-state index is -0.0367. The number of rotatable bonds is 6. The molecule has 162 valence electrons. The number of hydrogen-bond donors (Lipinski definition) is 1. The van der Waals surface area contributed by atoms with Gasteiger partial charge in [0.25, 0.3) is 0 Å². The van der Waals surface area contributed by atoms with Gasteiger partial charge in [-0.1, -0.05) is 24.3 Å². The van der Waals surface area contributed by atoms with Gasteiger partial charge in [0.15, 0.2) is 11.5 Å². The first-order valence-electron chi connectivity index (χ1n) is 10.8. The Morgan fingerprint density at radius 3 is 2.62 bits per heavy atom. The van der Waals surface area contributed by atoms with Crippen molar-refractivity contribution in [3.63, 3.8) is 0 Å². The van der Waals surface area contributed by atoms with Gasteiger partial charge in [-0.15, -0.1) is 0 Å². The van der Waals surface area contributed by atoms with E-state index >= 15 is 0 Å². The number of nitrogens with zero attached hydrogens (tertiary/aromatic N) is 1. The quantitative estimate of drug-likeness (QED) is 0.462. The van der Waals surface area contributed by atoms with Crippen LogP contribution in [0.1, 0.15) is 11.1 Å². The lowest BCUT2D eigenvalue weighted by molar-refractivity contribution is 0.0902. The smallest absolute Gasteiger partial charge is 0.161 e. The molecule has 5 nitrogen and oxygen atoms in total. The first-order valence-corrected chi connectivity index (χ1v) is 10.8. The van der Waals surface area contributed by atoms with Gasteiger partial charge in [-0.25, -0.2) is 4.98 Å². The highest BCUT2D eigenvalue weighted by Gasteiger charge is 2.20. The highest BCUT2D eigenvalue weighted by atomic mass is 16.6. The van der Waals surface area contributed by atoms with Gasteiger partial charge in [0, 0.05) is 24.0 Å². The third-order valence-corrected chi connectivity index (χ3v) is 5.67. The summed E-state index contributed by atoms with van der Waals surface area (Å²) in [5.74, 6) is 2.44. The number of ether oxygens (including phenoxy) is 3. The van der Waals surface area contributed by atoms with Crippen molar-refractivity contribution in [3.8, 4) is 28.5 Å². The van der Waals surface area contributed by atoms with E-state index in [0.717, 1.165) is 45.0 Å². The number of hydrogen-bond acceptors (Lipinski definition) is 5. The van der Waals surface area contributed by atoms with Gasteiger partial charge in [0.1, 0.15) is 18.5 Å². The zero-order valence-corrected chi connectivity index (χ0v) is 18.3. The first-order chi connectivity index (χ1) is 15.7. The van der Waals surface area contributed by atoms with Crippen molar-refractivity contribution < 1.29 is 14.2 Å². The number of fused-ring (bicyclic) bond motifs is 2. The third-order valence-electron chi connectivity index (χ3n) is 5.67. The molecule has 5 rings (SSSR count). The molecule has 1 unspecified atom stereocenters. The molecule has 0 saturated heterocycles. The number of nitrogens with one attached hydrogen (secondary N) is 1. The van der Waals surface area contributed by atoms with Crippen LogP contribution in [0.15, 0.2) is 72.8 Å². The average Bonchev–Trinajstić information content (AvgIpc) is 2.83. The van der Waals surface area contributed by atoms with Crippen molar-refractivity contribution >= 4 is 10.9 Å². The van der Waals surface area contributed by atoms with Crippen LogP contribution in [0.5, 0.6) is 17.2 Å². The van der Waals surface area contributed by atoms with Crippen LogP contribution >= 0.6 is 0 Å². The second-order valence-corrected chi connectivity index (χ2v) is 8.05. The number of aryl methyl sites for hydroxylation is 1. The van der Waals surface area contributed by atoms with Crippen LogP contribution in [0, 0.1) is 6.92 Å². The molecular formula is C27H26N2O3. The first kappa shape index (κ1) is 20.3. The molecule has 2 heterocycles. The van der Waals surface area contributed by atoms with E-state index in [0.29, 0.717) is 19.7 Å². The molecule has 32 heavy (non-hydrogen) atoms. The number of benzene rings is 3. The summed E-state index contributed by atoms with van der Waals surface area (Å²) in [6, 6.07) is 24.5. The fourth-order valence-corrected chi connectivity index (χ4v) is 3.99. The monoisotopic (exact) mass is 426 g/mol. The number of methoxy groups -OCH3 is 1. The average molecular weight is 427 g/mol. The SMILES string of the molecule is COc1ccc(-c2nc3cc(C)ccc3cc2CNCC2COc3ccccc3O2)cc1. The summed E-state index contributed by atoms with van der Waals surface area (Å²) in [6.07, 6.45) is -0.0367. The highest BCUT2D eigenvalue weighted by Crippen LogP contribution is 2.31. The molecule has 0 aliphatic carbocycles. The molecule has 1 aromatic heterocycles. The van der Waals surface area contributed by atoms with Gasteiger partial charge in [-0.05, 0) is 66.6 Å². The van der Waals surface area contributed by atoms with Gasteiger partial charge in [0.05, 0.1) is 18.3 Å². The molecule has 4 aromatic rings. The molecule has 0 bridgehead atoms. The standard InChI is InChI=1S/C27H26N2O3/c1-18-7-8-20-14-21(15-28-16-23-17-31-25-5-3-4-6-26(25)32-23)27(29-24(20)13-18)19-9-11-22(30-2)12-10-19/h3-14,23,28H,15-17H2,1-2H3. The van der Waals surface area contributed by atoms with E-state index < -0.39 is 0 Å². The summed E-state index contributed by atoms with van der Waals surface area (Å²) in [4.78, 5) is 5.02. The van der Waals surface area contributed by atoms with Gasteiger partial charge in [0.2, 0.25) is 0 Å². The molecule has 1 atom stereocenters. The Labute approximate surface area is 188 Å². The van der Waals surface area contributed by atoms with Crippen LogP contribution < -0.4 is 19.5 Å².